The highest BCUT2D eigenvalue weighted by Gasteiger charge is 2.20. The predicted octanol–water partition coefficient (Wildman–Crippen LogP) is 3.50. The van der Waals surface area contributed by atoms with Crippen molar-refractivity contribution in [3.8, 4) is 5.75 Å². The van der Waals surface area contributed by atoms with Crippen LogP contribution in [0.3, 0.4) is 0 Å². The number of carbonyl (C=O) groups is 1. The van der Waals surface area contributed by atoms with Crippen molar-refractivity contribution >= 4 is 5.91 Å². The van der Waals surface area contributed by atoms with Gasteiger partial charge in [-0.2, -0.15) is 0 Å². The molecule has 1 aliphatic heterocycles. The van der Waals surface area contributed by atoms with Crippen molar-refractivity contribution in [2.75, 3.05) is 32.8 Å². The van der Waals surface area contributed by atoms with Gasteiger partial charge >= 0.3 is 0 Å². The number of amides is 1. The van der Waals surface area contributed by atoms with Gasteiger partial charge in [0.15, 0.2) is 0 Å². The molecule has 4 heteroatoms. The van der Waals surface area contributed by atoms with E-state index < -0.39 is 0 Å². The van der Waals surface area contributed by atoms with Crippen LogP contribution in [0.5, 0.6) is 5.75 Å². The maximum atomic E-state index is 12.4. The summed E-state index contributed by atoms with van der Waals surface area (Å²) in [5.41, 5.74) is 2.63. The molecule has 2 aromatic rings. The summed E-state index contributed by atoms with van der Waals surface area (Å²) in [6, 6.07) is 18.5. The topological polar surface area (TPSA) is 32.8 Å². The molecule has 3 rings (SSSR count). The fourth-order valence-electron chi connectivity index (χ4n) is 3.20. The molecule has 0 unspecified atom stereocenters. The zero-order chi connectivity index (χ0) is 18.2. The van der Waals surface area contributed by atoms with Crippen LogP contribution >= 0.6 is 0 Å². The van der Waals surface area contributed by atoms with Crippen LogP contribution in [0.15, 0.2) is 54.6 Å². The third-order valence-electron chi connectivity index (χ3n) is 4.80. The van der Waals surface area contributed by atoms with Crippen molar-refractivity contribution in [1.29, 1.82) is 0 Å². The average molecular weight is 352 g/mol. The Labute approximate surface area is 156 Å². The highest BCUT2D eigenvalue weighted by Crippen LogP contribution is 2.12. The van der Waals surface area contributed by atoms with Crippen LogP contribution in [0.25, 0.3) is 0 Å². The number of aryl methyl sites for hydroxylation is 1. The Morgan fingerprint density at radius 3 is 2.35 bits per heavy atom. The summed E-state index contributed by atoms with van der Waals surface area (Å²) >= 11 is 0. The molecule has 0 saturated carbocycles. The molecule has 0 aliphatic carbocycles. The summed E-state index contributed by atoms with van der Waals surface area (Å²) in [6.07, 6.45) is 1.32. The van der Waals surface area contributed by atoms with Crippen LogP contribution in [0.2, 0.25) is 0 Å². The molecule has 1 fully saturated rings. The summed E-state index contributed by atoms with van der Waals surface area (Å²) in [5.74, 6) is 1.11. The highest BCUT2D eigenvalue weighted by molar-refractivity contribution is 5.76. The van der Waals surface area contributed by atoms with Crippen molar-refractivity contribution in [2.45, 2.75) is 26.3 Å². The Balaban J connectivity index is 1.33. The Bertz CT molecular complexity index is 677. The Kier molecular flexibility index (Phi) is 6.67. The molecule has 0 aromatic heterocycles. The van der Waals surface area contributed by atoms with Gasteiger partial charge in [-0.05, 0) is 31.0 Å². The van der Waals surface area contributed by atoms with Crippen LogP contribution in [0.4, 0.5) is 0 Å². The van der Waals surface area contributed by atoms with Crippen LogP contribution < -0.4 is 4.74 Å². The summed E-state index contributed by atoms with van der Waals surface area (Å²) < 4.78 is 5.66. The Morgan fingerprint density at radius 1 is 0.962 bits per heavy atom. The van der Waals surface area contributed by atoms with Crippen molar-refractivity contribution in [3.63, 3.8) is 0 Å². The first kappa shape index (κ1) is 18.5. The first-order chi connectivity index (χ1) is 12.7. The van der Waals surface area contributed by atoms with E-state index in [1.807, 2.05) is 35.2 Å². The number of carbonyl (C=O) groups excluding carboxylic acids is 1. The Morgan fingerprint density at radius 2 is 1.65 bits per heavy atom. The molecule has 0 N–H and O–H groups in total. The second kappa shape index (κ2) is 9.39. The number of hydrogen-bond acceptors (Lipinski definition) is 3. The van der Waals surface area contributed by atoms with Gasteiger partial charge in [0.25, 0.3) is 0 Å². The van der Waals surface area contributed by atoms with E-state index in [1.165, 1.54) is 11.1 Å². The first-order valence-electron chi connectivity index (χ1n) is 9.44. The predicted molar refractivity (Wildman–Crippen MR) is 104 cm³/mol. The molecule has 0 radical (unpaired) electrons. The lowest BCUT2D eigenvalue weighted by Crippen LogP contribution is -2.48. The fraction of sp³-hybridized carbons (Fsp3) is 0.409. The second-order valence-electron chi connectivity index (χ2n) is 6.91. The third-order valence-corrected chi connectivity index (χ3v) is 4.80. The van der Waals surface area contributed by atoms with Gasteiger partial charge in [0.2, 0.25) is 5.91 Å². The van der Waals surface area contributed by atoms with Crippen molar-refractivity contribution in [3.05, 3.63) is 65.7 Å². The number of para-hydroxylation sites is 1. The molecule has 1 aliphatic rings. The molecule has 0 bridgehead atoms. The molecule has 0 spiro atoms. The molecule has 0 atom stereocenters. The van der Waals surface area contributed by atoms with Crippen LogP contribution in [-0.2, 0) is 11.3 Å². The fourth-order valence-corrected chi connectivity index (χ4v) is 3.20. The molecule has 138 valence electrons. The highest BCUT2D eigenvalue weighted by atomic mass is 16.5. The van der Waals surface area contributed by atoms with Crippen molar-refractivity contribution < 1.29 is 9.53 Å². The number of nitrogens with zero attached hydrogens (tertiary/aromatic N) is 2. The SMILES string of the molecule is Cc1ccc(CN2CCN(C(=O)CCCOc3ccccc3)CC2)cc1. The molecule has 26 heavy (non-hydrogen) atoms. The minimum absolute atomic E-state index is 0.247. The van der Waals surface area contributed by atoms with E-state index in [1.54, 1.807) is 0 Å². The lowest BCUT2D eigenvalue weighted by atomic mass is 10.1. The van der Waals surface area contributed by atoms with Gasteiger partial charge in [0.05, 0.1) is 6.61 Å². The van der Waals surface area contributed by atoms with Crippen LogP contribution in [0.1, 0.15) is 24.0 Å². The molecular weight excluding hydrogens is 324 g/mol. The van der Waals surface area contributed by atoms with Gasteiger partial charge in [0.1, 0.15) is 5.75 Å². The Hall–Kier alpha value is -2.33. The quantitative estimate of drug-likeness (QED) is 0.715. The van der Waals surface area contributed by atoms with Gasteiger partial charge in [-0.25, -0.2) is 0 Å². The lowest BCUT2D eigenvalue weighted by Gasteiger charge is -2.34. The van der Waals surface area contributed by atoms with Gasteiger partial charge in [-0.1, -0.05) is 48.0 Å². The van der Waals surface area contributed by atoms with Gasteiger partial charge in [-0.3, -0.25) is 9.69 Å². The molecular formula is C22H28N2O2. The largest absolute Gasteiger partial charge is 0.494 e. The summed E-state index contributed by atoms with van der Waals surface area (Å²) in [6.45, 7) is 7.20. The van der Waals surface area contributed by atoms with Gasteiger partial charge < -0.3 is 9.64 Å². The molecule has 1 heterocycles. The smallest absolute Gasteiger partial charge is 0.222 e. The summed E-state index contributed by atoms with van der Waals surface area (Å²) in [5, 5.41) is 0. The zero-order valence-corrected chi connectivity index (χ0v) is 15.6. The van der Waals surface area contributed by atoms with E-state index in [4.69, 9.17) is 4.74 Å². The van der Waals surface area contributed by atoms with Crippen LogP contribution in [-0.4, -0.2) is 48.5 Å². The van der Waals surface area contributed by atoms with E-state index in [-0.39, 0.29) is 5.91 Å². The monoisotopic (exact) mass is 352 g/mol. The molecule has 1 saturated heterocycles. The zero-order valence-electron chi connectivity index (χ0n) is 15.6. The second-order valence-corrected chi connectivity index (χ2v) is 6.91. The number of hydrogen-bond donors (Lipinski definition) is 0. The van der Waals surface area contributed by atoms with Gasteiger partial charge in [0, 0.05) is 39.1 Å². The molecule has 4 nitrogen and oxygen atoms in total. The van der Waals surface area contributed by atoms with Crippen molar-refractivity contribution in [1.82, 2.24) is 9.80 Å². The standard InChI is InChI=1S/C22H28N2O2/c1-19-9-11-20(12-10-19)18-23-13-15-24(16-14-23)22(25)8-5-17-26-21-6-3-2-4-7-21/h2-4,6-7,9-12H,5,8,13-18H2,1H3. The van der Waals surface area contributed by atoms with Crippen molar-refractivity contribution in [2.24, 2.45) is 0 Å². The molecule has 2 aromatic carbocycles. The summed E-state index contributed by atoms with van der Waals surface area (Å²) in [4.78, 5) is 16.8. The van der Waals surface area contributed by atoms with Crippen LogP contribution in [0, 0.1) is 6.92 Å². The van der Waals surface area contributed by atoms with Gasteiger partial charge in [-0.15, -0.1) is 0 Å². The van der Waals surface area contributed by atoms with E-state index in [2.05, 4.69) is 36.1 Å². The maximum Gasteiger partial charge on any atom is 0.222 e. The van der Waals surface area contributed by atoms with E-state index in [9.17, 15) is 4.79 Å². The van der Waals surface area contributed by atoms with E-state index in [0.717, 1.165) is 44.9 Å². The number of ether oxygens (including phenoxy) is 1. The number of rotatable bonds is 7. The lowest BCUT2D eigenvalue weighted by molar-refractivity contribution is -0.133. The third kappa shape index (κ3) is 5.60. The minimum atomic E-state index is 0.247. The van der Waals surface area contributed by atoms with E-state index in [0.29, 0.717) is 13.0 Å². The normalized spacial score (nSPS) is 15.0. The average Bonchev–Trinajstić information content (AvgIpc) is 2.68. The number of piperazine rings is 1. The van der Waals surface area contributed by atoms with E-state index >= 15 is 0 Å². The first-order valence-corrected chi connectivity index (χ1v) is 9.44. The minimum Gasteiger partial charge on any atom is -0.494 e. The number of benzene rings is 2. The summed E-state index contributed by atoms with van der Waals surface area (Å²) in [7, 11) is 0. The maximum absolute atomic E-state index is 12.4. The molecule has 1 amide bonds.